The van der Waals surface area contributed by atoms with E-state index in [1.807, 2.05) is 12.1 Å². The van der Waals surface area contributed by atoms with Crippen LogP contribution in [-0.2, 0) is 4.74 Å². The SMILES string of the molecule is C[C@@H]1CN(c2ccc(C(N)=S)cc2)C[C@H](C)O1. The summed E-state index contributed by atoms with van der Waals surface area (Å²) in [7, 11) is 0. The molecule has 17 heavy (non-hydrogen) atoms. The van der Waals surface area contributed by atoms with Crippen molar-refractivity contribution in [1.29, 1.82) is 0 Å². The van der Waals surface area contributed by atoms with Crippen LogP contribution in [0.5, 0.6) is 0 Å². The predicted octanol–water partition coefficient (Wildman–Crippen LogP) is 1.93. The number of hydrogen-bond acceptors (Lipinski definition) is 3. The number of rotatable bonds is 2. The molecule has 0 saturated carbocycles. The molecule has 1 fully saturated rings. The average Bonchev–Trinajstić information content (AvgIpc) is 2.28. The first-order valence-electron chi connectivity index (χ1n) is 5.86. The molecule has 2 N–H and O–H groups in total. The molecule has 0 unspecified atom stereocenters. The van der Waals surface area contributed by atoms with Gasteiger partial charge >= 0.3 is 0 Å². The summed E-state index contributed by atoms with van der Waals surface area (Å²) >= 11 is 4.94. The van der Waals surface area contributed by atoms with Crippen molar-refractivity contribution in [3.8, 4) is 0 Å². The molecule has 2 atom stereocenters. The van der Waals surface area contributed by atoms with Gasteiger partial charge in [-0.3, -0.25) is 0 Å². The Balaban J connectivity index is 2.14. The molecule has 1 aliphatic rings. The number of morpholine rings is 1. The molecule has 0 aromatic heterocycles. The van der Waals surface area contributed by atoms with Crippen LogP contribution in [0, 0.1) is 0 Å². The van der Waals surface area contributed by atoms with Crippen LogP contribution in [0.15, 0.2) is 24.3 Å². The molecule has 1 aromatic carbocycles. The number of nitrogens with two attached hydrogens (primary N) is 1. The first kappa shape index (κ1) is 12.3. The highest BCUT2D eigenvalue weighted by Gasteiger charge is 2.22. The summed E-state index contributed by atoms with van der Waals surface area (Å²) < 4.78 is 5.72. The highest BCUT2D eigenvalue weighted by atomic mass is 32.1. The van der Waals surface area contributed by atoms with Crippen LogP contribution in [0.3, 0.4) is 0 Å². The zero-order valence-corrected chi connectivity index (χ0v) is 11.0. The van der Waals surface area contributed by atoms with Crippen molar-refractivity contribution in [3.05, 3.63) is 29.8 Å². The fourth-order valence-corrected chi connectivity index (χ4v) is 2.36. The van der Waals surface area contributed by atoms with Crippen molar-refractivity contribution in [2.75, 3.05) is 18.0 Å². The highest BCUT2D eigenvalue weighted by molar-refractivity contribution is 7.80. The summed E-state index contributed by atoms with van der Waals surface area (Å²) in [6.45, 7) is 6.06. The monoisotopic (exact) mass is 250 g/mol. The second-order valence-corrected chi connectivity index (χ2v) is 5.01. The summed E-state index contributed by atoms with van der Waals surface area (Å²) in [5.41, 5.74) is 7.70. The fourth-order valence-electron chi connectivity index (χ4n) is 2.23. The van der Waals surface area contributed by atoms with Crippen LogP contribution in [0.4, 0.5) is 5.69 Å². The van der Waals surface area contributed by atoms with E-state index in [1.165, 1.54) is 5.69 Å². The molecule has 4 heteroatoms. The molecule has 0 aliphatic carbocycles. The molecule has 0 amide bonds. The lowest BCUT2D eigenvalue weighted by Gasteiger charge is -2.36. The Kier molecular flexibility index (Phi) is 3.64. The van der Waals surface area contributed by atoms with Gasteiger partial charge < -0.3 is 15.4 Å². The largest absolute Gasteiger partial charge is 0.389 e. The summed E-state index contributed by atoms with van der Waals surface area (Å²) in [4.78, 5) is 2.78. The molecular formula is C13H18N2OS. The van der Waals surface area contributed by atoms with Crippen molar-refractivity contribution in [1.82, 2.24) is 0 Å². The summed E-state index contributed by atoms with van der Waals surface area (Å²) in [6, 6.07) is 8.09. The molecule has 0 spiro atoms. The third kappa shape index (κ3) is 2.96. The van der Waals surface area contributed by atoms with Crippen LogP contribution in [0.2, 0.25) is 0 Å². The molecular weight excluding hydrogens is 232 g/mol. The zero-order valence-electron chi connectivity index (χ0n) is 10.2. The molecule has 1 aromatic rings. The van der Waals surface area contributed by atoms with Gasteiger partial charge in [-0.15, -0.1) is 0 Å². The number of nitrogens with zero attached hydrogens (tertiary/aromatic N) is 1. The van der Waals surface area contributed by atoms with Gasteiger partial charge in [0.15, 0.2) is 0 Å². The Morgan fingerprint density at radius 1 is 1.24 bits per heavy atom. The normalized spacial score (nSPS) is 24.7. The zero-order chi connectivity index (χ0) is 12.4. The quantitative estimate of drug-likeness (QED) is 0.814. The molecule has 1 heterocycles. The van der Waals surface area contributed by atoms with Crippen LogP contribution < -0.4 is 10.6 Å². The van der Waals surface area contributed by atoms with E-state index >= 15 is 0 Å². The topological polar surface area (TPSA) is 38.5 Å². The van der Waals surface area contributed by atoms with Crippen LogP contribution in [0.25, 0.3) is 0 Å². The van der Waals surface area contributed by atoms with E-state index in [4.69, 9.17) is 22.7 Å². The minimum absolute atomic E-state index is 0.272. The number of ether oxygens (including phenoxy) is 1. The maximum atomic E-state index is 5.72. The lowest BCUT2D eigenvalue weighted by Crippen LogP contribution is -2.45. The van der Waals surface area contributed by atoms with Gasteiger partial charge in [-0.05, 0) is 38.1 Å². The van der Waals surface area contributed by atoms with Crippen LogP contribution in [0.1, 0.15) is 19.4 Å². The van der Waals surface area contributed by atoms with Gasteiger partial charge in [0, 0.05) is 24.3 Å². The van der Waals surface area contributed by atoms with Crippen molar-refractivity contribution in [2.24, 2.45) is 5.73 Å². The van der Waals surface area contributed by atoms with Crippen LogP contribution >= 0.6 is 12.2 Å². The fraction of sp³-hybridized carbons (Fsp3) is 0.462. The Hall–Kier alpha value is -1.13. The highest BCUT2D eigenvalue weighted by Crippen LogP contribution is 2.20. The van der Waals surface area contributed by atoms with Gasteiger partial charge in [0.25, 0.3) is 0 Å². The van der Waals surface area contributed by atoms with E-state index in [0.29, 0.717) is 4.99 Å². The Bertz CT molecular complexity index is 394. The maximum Gasteiger partial charge on any atom is 0.103 e. The van der Waals surface area contributed by atoms with Crippen molar-refractivity contribution < 1.29 is 4.74 Å². The maximum absolute atomic E-state index is 5.72. The molecule has 0 bridgehead atoms. The third-order valence-corrected chi connectivity index (χ3v) is 3.17. The minimum Gasteiger partial charge on any atom is -0.389 e. The molecule has 3 nitrogen and oxygen atoms in total. The second kappa shape index (κ2) is 5.02. The molecule has 1 aliphatic heterocycles. The van der Waals surface area contributed by atoms with Gasteiger partial charge in [-0.2, -0.15) is 0 Å². The van der Waals surface area contributed by atoms with E-state index in [-0.39, 0.29) is 12.2 Å². The molecule has 2 rings (SSSR count). The first-order valence-corrected chi connectivity index (χ1v) is 6.27. The Labute approximate surface area is 108 Å². The van der Waals surface area contributed by atoms with E-state index in [9.17, 15) is 0 Å². The number of thiocarbonyl (C=S) groups is 1. The van der Waals surface area contributed by atoms with Crippen LogP contribution in [-0.4, -0.2) is 30.3 Å². The lowest BCUT2D eigenvalue weighted by molar-refractivity contribution is -0.00521. The standard InChI is InChI=1S/C13H18N2OS/c1-9-7-15(8-10(2)16-9)12-5-3-11(4-6-12)13(14)17/h3-6,9-10H,7-8H2,1-2H3,(H2,14,17)/t9-,10+. The van der Waals surface area contributed by atoms with Gasteiger partial charge in [0.2, 0.25) is 0 Å². The number of anilines is 1. The first-order chi connectivity index (χ1) is 8.06. The van der Waals surface area contributed by atoms with E-state index in [2.05, 4.69) is 30.9 Å². The van der Waals surface area contributed by atoms with E-state index < -0.39 is 0 Å². The summed E-state index contributed by atoms with van der Waals surface area (Å²) in [6.07, 6.45) is 0.544. The van der Waals surface area contributed by atoms with Gasteiger partial charge in [0.05, 0.1) is 12.2 Å². The second-order valence-electron chi connectivity index (χ2n) is 4.57. The van der Waals surface area contributed by atoms with Gasteiger partial charge in [-0.25, -0.2) is 0 Å². The van der Waals surface area contributed by atoms with Gasteiger partial charge in [0.1, 0.15) is 4.99 Å². The van der Waals surface area contributed by atoms with Crippen molar-refractivity contribution in [2.45, 2.75) is 26.1 Å². The van der Waals surface area contributed by atoms with Gasteiger partial charge in [-0.1, -0.05) is 12.2 Å². The summed E-state index contributed by atoms with van der Waals surface area (Å²) in [5, 5.41) is 0. The van der Waals surface area contributed by atoms with E-state index in [0.717, 1.165) is 18.7 Å². The van der Waals surface area contributed by atoms with E-state index in [1.54, 1.807) is 0 Å². The number of hydrogen-bond donors (Lipinski definition) is 1. The average molecular weight is 250 g/mol. The molecule has 0 radical (unpaired) electrons. The molecule has 92 valence electrons. The minimum atomic E-state index is 0.272. The van der Waals surface area contributed by atoms with Crippen molar-refractivity contribution >= 4 is 22.9 Å². The third-order valence-electron chi connectivity index (χ3n) is 2.94. The number of benzene rings is 1. The Morgan fingerprint density at radius 3 is 2.24 bits per heavy atom. The van der Waals surface area contributed by atoms with Crippen molar-refractivity contribution in [3.63, 3.8) is 0 Å². The summed E-state index contributed by atoms with van der Waals surface area (Å²) in [5.74, 6) is 0. The predicted molar refractivity (Wildman–Crippen MR) is 74.6 cm³/mol. The lowest BCUT2D eigenvalue weighted by atomic mass is 10.1. The molecule has 1 saturated heterocycles. The smallest absolute Gasteiger partial charge is 0.103 e. The Morgan fingerprint density at radius 2 is 1.76 bits per heavy atom.